The van der Waals surface area contributed by atoms with E-state index in [4.69, 9.17) is 60.0 Å². The van der Waals surface area contributed by atoms with Crippen LogP contribution in [0.15, 0.2) is 30.3 Å². The first-order valence-corrected chi connectivity index (χ1v) is 13.0. The van der Waals surface area contributed by atoms with Crippen LogP contribution in [-0.2, 0) is 9.05 Å². The number of para-hydroxylation sites is 1. The third kappa shape index (κ3) is 3.98. The first-order chi connectivity index (χ1) is 17.9. The zero-order valence-electron chi connectivity index (χ0n) is 17.9. The number of hydrogen-bond acceptors (Lipinski definition) is 5. The molecular weight excluding hydrogens is 697 g/mol. The fourth-order valence-electron chi connectivity index (χ4n) is 3.80. The maximum absolute atomic E-state index is 14.3. The summed E-state index contributed by atoms with van der Waals surface area (Å²) in [4.78, 5) is 0. The van der Waals surface area contributed by atoms with Crippen molar-refractivity contribution in [3.63, 3.8) is 0 Å². The van der Waals surface area contributed by atoms with Crippen molar-refractivity contribution in [2.24, 2.45) is 0 Å². The Morgan fingerprint density at radius 1 is 0.550 bits per heavy atom. The molecule has 0 saturated carbocycles. The molecule has 1 fully saturated rings. The number of fused-ring (bicyclic) bond motifs is 1. The second-order valence-electron chi connectivity index (χ2n) is 7.78. The molecule has 4 rings (SSSR count). The van der Waals surface area contributed by atoms with Crippen molar-refractivity contribution in [2.45, 2.75) is 35.9 Å². The molecule has 224 valence electrons. The second kappa shape index (κ2) is 8.77. The Kier molecular flexibility index (Phi) is 6.89. The van der Waals surface area contributed by atoms with Gasteiger partial charge in [0.25, 0.3) is 0 Å². The molecule has 2 aromatic carbocycles. The van der Waals surface area contributed by atoms with Crippen LogP contribution in [0.5, 0.6) is 17.2 Å². The molecule has 5 nitrogen and oxygen atoms in total. The topological polar surface area (TPSA) is 46.2 Å². The van der Waals surface area contributed by atoms with Crippen molar-refractivity contribution >= 4 is 54.1 Å². The Balaban J connectivity index is 2.21. The predicted molar refractivity (Wildman–Crippen MR) is 114 cm³/mol. The second-order valence-corrected chi connectivity index (χ2v) is 11.7. The molecule has 0 amide bonds. The summed E-state index contributed by atoms with van der Waals surface area (Å²) in [6.07, 6.45) is -30.4. The van der Waals surface area contributed by atoms with E-state index in [-0.39, 0.29) is 0 Å². The van der Waals surface area contributed by atoms with Crippen molar-refractivity contribution in [2.75, 3.05) is 0 Å². The van der Waals surface area contributed by atoms with E-state index in [2.05, 4.69) is 9.05 Å². The molecule has 2 aliphatic rings. The van der Waals surface area contributed by atoms with E-state index >= 15 is 0 Å². The average molecular weight is 702 g/mol. The molecule has 40 heavy (non-hydrogen) atoms. The van der Waals surface area contributed by atoms with Crippen LogP contribution < -0.4 is 13.6 Å². The minimum absolute atomic E-state index is 0.664. The van der Waals surface area contributed by atoms with Crippen LogP contribution in [0.1, 0.15) is 0 Å². The Morgan fingerprint density at radius 3 is 1.18 bits per heavy atom. The normalized spacial score (nSPS) is 22.1. The predicted octanol–water partition coefficient (Wildman–Crippen LogP) is 10.1. The first-order valence-electron chi connectivity index (χ1n) is 9.62. The van der Waals surface area contributed by atoms with Gasteiger partial charge in [-0.05, 0) is 0 Å². The first kappa shape index (κ1) is 31.4. The Labute approximate surface area is 233 Å². The summed E-state index contributed by atoms with van der Waals surface area (Å²) < 4.78 is 193. The number of alkyl halides is 12. The van der Waals surface area contributed by atoms with Crippen molar-refractivity contribution in [3.05, 3.63) is 50.4 Å². The molecule has 1 spiro atoms. The van der Waals surface area contributed by atoms with Gasteiger partial charge < -0.3 is 0 Å². The molecule has 2 aromatic rings. The molecule has 0 aliphatic carbocycles. The summed E-state index contributed by atoms with van der Waals surface area (Å²) >= 11 is 23.2. The zero-order valence-corrected chi connectivity index (χ0v) is 21.8. The fraction of sp³-hybridized carbons (Fsp3) is 0.333. The van der Waals surface area contributed by atoms with Crippen LogP contribution in [0.3, 0.4) is 0 Å². The van der Waals surface area contributed by atoms with Gasteiger partial charge in [0.15, 0.2) is 0 Å². The summed E-state index contributed by atoms with van der Waals surface area (Å²) in [6, 6.07) is 4.41. The monoisotopic (exact) mass is 700 g/mol. The molecule has 2 heterocycles. The number of benzene rings is 2. The zero-order chi connectivity index (χ0) is 30.6. The van der Waals surface area contributed by atoms with Gasteiger partial charge in [-0.2, -0.15) is 0 Å². The van der Waals surface area contributed by atoms with E-state index in [0.717, 1.165) is 18.2 Å². The van der Waals surface area contributed by atoms with Gasteiger partial charge in [-0.1, -0.05) is 0 Å². The molecule has 0 radical (unpaired) electrons. The van der Waals surface area contributed by atoms with E-state index in [1.54, 1.807) is 0 Å². The van der Waals surface area contributed by atoms with Crippen molar-refractivity contribution in [1.29, 1.82) is 0 Å². The molecular formula is C18H5Cl4F12O5P. The molecule has 0 N–H and O–H groups in total. The number of rotatable bonds is 2. The molecule has 1 saturated heterocycles. The molecule has 2 aliphatic heterocycles. The summed E-state index contributed by atoms with van der Waals surface area (Å²) in [6.45, 7) is 0. The third-order valence-electron chi connectivity index (χ3n) is 5.33. The van der Waals surface area contributed by atoms with Gasteiger partial charge in [0, 0.05) is 0 Å². The summed E-state index contributed by atoms with van der Waals surface area (Å²) in [5.74, 6) is -3.86. The third-order valence-corrected chi connectivity index (χ3v) is 9.71. The van der Waals surface area contributed by atoms with Gasteiger partial charge >= 0.3 is 233 Å². The van der Waals surface area contributed by atoms with E-state index < -0.39 is 81.0 Å². The molecule has 22 heteroatoms. The van der Waals surface area contributed by atoms with Gasteiger partial charge in [0.2, 0.25) is 0 Å². The van der Waals surface area contributed by atoms with Crippen LogP contribution in [0, 0.1) is 0 Å². The summed E-state index contributed by atoms with van der Waals surface area (Å²) in [7, 11) is -8.08. The van der Waals surface area contributed by atoms with Gasteiger partial charge in [0.05, 0.1) is 0 Å². The van der Waals surface area contributed by atoms with Crippen molar-refractivity contribution in [3.8, 4) is 17.2 Å². The van der Waals surface area contributed by atoms with Gasteiger partial charge in [0.1, 0.15) is 0 Å². The average Bonchev–Trinajstić information content (AvgIpc) is 3.29. The van der Waals surface area contributed by atoms with Crippen LogP contribution in [0.2, 0.25) is 20.1 Å². The van der Waals surface area contributed by atoms with Gasteiger partial charge in [-0.3, -0.25) is 0 Å². The van der Waals surface area contributed by atoms with E-state index in [9.17, 15) is 52.7 Å². The quantitative estimate of drug-likeness (QED) is 0.135. The Morgan fingerprint density at radius 2 is 0.875 bits per heavy atom. The van der Waals surface area contributed by atoms with Crippen LogP contribution in [0.4, 0.5) is 52.7 Å². The standard InChI is InChI=1S/C18H5Cl4F12O5P/c19-7-8(20)10(22)12-11(9(7)21)36-40(37-12,35-6-4-2-1-3-5-6)38-13(15(23,24)25,16(26,27)28)14(39-40,17(29,30)31)18(32,33)34/h1-5H. The fourth-order valence-corrected chi connectivity index (χ4v) is 8.15. The van der Waals surface area contributed by atoms with E-state index in [0.29, 0.717) is 12.1 Å². The molecule has 0 atom stereocenters. The van der Waals surface area contributed by atoms with E-state index in [1.165, 1.54) is 0 Å². The van der Waals surface area contributed by atoms with Crippen LogP contribution in [-0.4, -0.2) is 35.9 Å². The minimum atomic E-state index is -8.08. The molecule has 0 bridgehead atoms. The summed E-state index contributed by atoms with van der Waals surface area (Å²) in [5.41, 5.74) is -14.7. The number of hydrogen-bond donors (Lipinski definition) is 0. The SMILES string of the molecule is FC(F)(F)C1(C(F)(F)F)OP2(Oc3ccccc3)(Oc3c(Cl)c(Cl)c(Cl)c(Cl)c3O2)OC1(C(F)(F)F)C(F)(F)F. The van der Waals surface area contributed by atoms with Gasteiger partial charge in [-0.25, -0.2) is 0 Å². The Bertz CT molecular complexity index is 1250. The van der Waals surface area contributed by atoms with Crippen molar-refractivity contribution < 1.29 is 75.3 Å². The summed E-state index contributed by atoms with van der Waals surface area (Å²) in [5, 5.41) is -3.91. The molecule has 0 unspecified atom stereocenters. The Hall–Kier alpha value is -1.49. The van der Waals surface area contributed by atoms with Crippen LogP contribution in [0.25, 0.3) is 0 Å². The van der Waals surface area contributed by atoms with E-state index in [1.807, 2.05) is 0 Å². The van der Waals surface area contributed by atoms with Gasteiger partial charge in [-0.15, -0.1) is 0 Å². The van der Waals surface area contributed by atoms with Crippen LogP contribution >= 0.6 is 54.1 Å². The maximum atomic E-state index is 14.3. The number of halogens is 16. The van der Waals surface area contributed by atoms with Crippen molar-refractivity contribution in [1.82, 2.24) is 0 Å². The molecule has 0 aromatic heterocycles.